The summed E-state index contributed by atoms with van der Waals surface area (Å²) in [7, 11) is 3.86. The second-order valence-electron chi connectivity index (χ2n) is 13.1. The molecule has 10 nitrogen and oxygen atoms in total. The molecule has 1 aromatic carbocycles. The molecule has 0 aromatic heterocycles. The van der Waals surface area contributed by atoms with Crippen LogP contribution in [0, 0.1) is 22.7 Å². The number of likely N-dealkylation sites (tertiary alicyclic amines) is 1. The van der Waals surface area contributed by atoms with Crippen molar-refractivity contribution >= 4 is 11.7 Å². The number of carbonyl (C=O) groups is 2. The number of fused-ring (bicyclic) bond motifs is 2. The lowest BCUT2D eigenvalue weighted by Crippen LogP contribution is -2.74. The van der Waals surface area contributed by atoms with Crippen LogP contribution in [0.4, 0.5) is 0 Å². The molecule has 5 aliphatic rings. The topological polar surface area (TPSA) is 110 Å². The highest BCUT2D eigenvalue weighted by Gasteiger charge is 2.55. The standard InChI is InChI=1S/C33H46N6O4/c1-4-28(40)39-18-17-38(20-23(39)12-15-34)31-26-11-14-33(13-10-25-22(19-33)7-5-9-27(25)42-3)30(41)29(26)35-32(36-31)43-21-24-8-6-16-37(24)2/h4-5,7,9,23-24,26,29,31-32,35-36H,1,6,8,10-14,16-21H2,2-3H3. The highest BCUT2D eigenvalue weighted by Crippen LogP contribution is 2.48. The Balaban J connectivity index is 1.25. The van der Waals surface area contributed by atoms with Gasteiger partial charge in [0.05, 0.1) is 44.5 Å². The third kappa shape index (κ3) is 5.74. The van der Waals surface area contributed by atoms with Crippen LogP contribution in [-0.2, 0) is 27.2 Å². The summed E-state index contributed by atoms with van der Waals surface area (Å²) in [4.78, 5) is 33.7. The summed E-state index contributed by atoms with van der Waals surface area (Å²) in [6.07, 6.45) is 7.48. The number of carbonyl (C=O) groups excluding carboxylic acids is 2. The van der Waals surface area contributed by atoms with Gasteiger partial charge in [0.2, 0.25) is 5.91 Å². The zero-order valence-corrected chi connectivity index (χ0v) is 25.6. The molecule has 6 rings (SSSR count). The molecule has 3 saturated heterocycles. The van der Waals surface area contributed by atoms with Gasteiger partial charge in [-0.3, -0.25) is 25.1 Å². The molecule has 10 heteroatoms. The van der Waals surface area contributed by atoms with Crippen LogP contribution in [0.5, 0.6) is 5.75 Å². The van der Waals surface area contributed by atoms with Gasteiger partial charge in [0.1, 0.15) is 5.75 Å². The summed E-state index contributed by atoms with van der Waals surface area (Å²) in [5.41, 5.74) is 2.06. The maximum absolute atomic E-state index is 14.6. The first kappa shape index (κ1) is 30.2. The molecule has 1 amide bonds. The van der Waals surface area contributed by atoms with Gasteiger partial charge in [-0.25, -0.2) is 0 Å². The number of benzene rings is 1. The number of ketones is 1. The van der Waals surface area contributed by atoms with Crippen molar-refractivity contribution in [2.24, 2.45) is 11.3 Å². The van der Waals surface area contributed by atoms with Crippen LogP contribution >= 0.6 is 0 Å². The fourth-order valence-electron chi connectivity index (χ4n) is 8.47. The Morgan fingerprint density at radius 3 is 2.81 bits per heavy atom. The Bertz CT molecular complexity index is 1270. The van der Waals surface area contributed by atoms with Crippen molar-refractivity contribution < 1.29 is 19.1 Å². The molecule has 2 aliphatic carbocycles. The van der Waals surface area contributed by atoms with Crippen LogP contribution in [0.15, 0.2) is 30.9 Å². The van der Waals surface area contributed by atoms with Gasteiger partial charge in [0.25, 0.3) is 0 Å². The van der Waals surface area contributed by atoms with Crippen LogP contribution in [0.25, 0.3) is 0 Å². The average molecular weight is 591 g/mol. The molecular weight excluding hydrogens is 544 g/mol. The number of amides is 1. The zero-order valence-electron chi connectivity index (χ0n) is 25.6. The summed E-state index contributed by atoms with van der Waals surface area (Å²) in [5, 5.41) is 16.9. The van der Waals surface area contributed by atoms with E-state index in [0.717, 1.165) is 50.8 Å². The van der Waals surface area contributed by atoms with Crippen molar-refractivity contribution in [1.82, 2.24) is 25.3 Å². The number of rotatable bonds is 7. The average Bonchev–Trinajstić information content (AvgIpc) is 3.45. The second-order valence-corrected chi connectivity index (χ2v) is 13.1. The number of nitriles is 1. The Hall–Kier alpha value is -2.81. The molecule has 0 radical (unpaired) electrons. The van der Waals surface area contributed by atoms with Crippen molar-refractivity contribution in [1.29, 1.82) is 5.26 Å². The summed E-state index contributed by atoms with van der Waals surface area (Å²) in [6.45, 7) is 7.08. The molecule has 0 bridgehead atoms. The van der Waals surface area contributed by atoms with Crippen LogP contribution in [0.2, 0.25) is 0 Å². The number of likely N-dealkylation sites (N-methyl/N-ethyl adjacent to an activating group) is 1. The molecule has 3 aliphatic heterocycles. The van der Waals surface area contributed by atoms with E-state index in [1.165, 1.54) is 23.6 Å². The lowest BCUT2D eigenvalue weighted by molar-refractivity contribution is -0.154. The largest absolute Gasteiger partial charge is 0.496 e. The Morgan fingerprint density at radius 2 is 2.07 bits per heavy atom. The molecule has 1 saturated carbocycles. The van der Waals surface area contributed by atoms with E-state index >= 15 is 0 Å². The van der Waals surface area contributed by atoms with Crippen molar-refractivity contribution in [3.63, 3.8) is 0 Å². The van der Waals surface area contributed by atoms with E-state index in [2.05, 4.69) is 46.2 Å². The van der Waals surface area contributed by atoms with Gasteiger partial charge in [-0.15, -0.1) is 0 Å². The monoisotopic (exact) mass is 590 g/mol. The second kappa shape index (κ2) is 12.7. The number of nitrogens with one attached hydrogen (secondary N) is 2. The van der Waals surface area contributed by atoms with Crippen LogP contribution in [-0.4, -0.2) is 104 Å². The summed E-state index contributed by atoms with van der Waals surface area (Å²) in [5.74, 6) is 1.13. The predicted octanol–water partition coefficient (Wildman–Crippen LogP) is 2.04. The summed E-state index contributed by atoms with van der Waals surface area (Å²) >= 11 is 0. The number of piperazine rings is 1. The SMILES string of the molecule is C=CC(=O)N1CCN(C2NC(OCC3CCCN3C)NC3C(=O)C4(CCc5c(cccc5OC)C4)CCC32)CC1CC#N. The fourth-order valence-corrected chi connectivity index (χ4v) is 8.47. The Labute approximate surface area is 255 Å². The number of hydrogen-bond donors (Lipinski definition) is 2. The van der Waals surface area contributed by atoms with E-state index in [0.29, 0.717) is 38.1 Å². The third-order valence-corrected chi connectivity index (χ3v) is 10.9. The van der Waals surface area contributed by atoms with Crippen LogP contribution < -0.4 is 15.4 Å². The van der Waals surface area contributed by atoms with Gasteiger partial charge >= 0.3 is 0 Å². The molecule has 2 N–H and O–H groups in total. The van der Waals surface area contributed by atoms with E-state index in [9.17, 15) is 14.9 Å². The minimum absolute atomic E-state index is 0.0585. The van der Waals surface area contributed by atoms with Gasteiger partial charge in [0.15, 0.2) is 12.1 Å². The first-order chi connectivity index (χ1) is 20.9. The quantitative estimate of drug-likeness (QED) is 0.461. The first-order valence-electron chi connectivity index (χ1n) is 15.9. The maximum Gasteiger partial charge on any atom is 0.246 e. The Kier molecular flexibility index (Phi) is 8.90. The molecule has 43 heavy (non-hydrogen) atoms. The lowest BCUT2D eigenvalue weighted by Gasteiger charge is -2.55. The van der Waals surface area contributed by atoms with Crippen molar-refractivity contribution in [3.8, 4) is 11.8 Å². The number of ether oxygens (including phenoxy) is 2. The molecule has 1 aromatic rings. The number of methoxy groups -OCH3 is 1. The molecule has 3 heterocycles. The predicted molar refractivity (Wildman–Crippen MR) is 162 cm³/mol. The molecule has 232 valence electrons. The van der Waals surface area contributed by atoms with E-state index in [-0.39, 0.29) is 36.5 Å². The number of Topliss-reactive ketones (excluding diaryl/α,β-unsaturated/α-hetero) is 1. The zero-order chi connectivity index (χ0) is 30.1. The van der Waals surface area contributed by atoms with Gasteiger partial charge in [-0.2, -0.15) is 5.26 Å². The van der Waals surface area contributed by atoms with E-state index in [1.54, 1.807) is 12.0 Å². The smallest absolute Gasteiger partial charge is 0.246 e. The maximum atomic E-state index is 14.6. The van der Waals surface area contributed by atoms with Gasteiger partial charge in [-0.05, 0) is 81.8 Å². The molecule has 1 spiro atoms. The normalized spacial score (nSPS) is 34.8. The fraction of sp³-hybridized carbons (Fsp3) is 0.667. The van der Waals surface area contributed by atoms with Gasteiger partial charge in [-0.1, -0.05) is 18.7 Å². The first-order valence-corrected chi connectivity index (χ1v) is 15.9. The summed E-state index contributed by atoms with van der Waals surface area (Å²) < 4.78 is 12.1. The minimum atomic E-state index is -0.461. The van der Waals surface area contributed by atoms with Crippen molar-refractivity contribution in [2.75, 3.05) is 46.9 Å². The molecule has 4 fully saturated rings. The van der Waals surface area contributed by atoms with E-state index in [4.69, 9.17) is 9.47 Å². The van der Waals surface area contributed by atoms with Crippen LogP contribution in [0.3, 0.4) is 0 Å². The number of nitrogens with zero attached hydrogens (tertiary/aromatic N) is 4. The van der Waals surface area contributed by atoms with Gasteiger partial charge in [0, 0.05) is 37.0 Å². The van der Waals surface area contributed by atoms with E-state index < -0.39 is 11.8 Å². The lowest BCUT2D eigenvalue weighted by atomic mass is 9.59. The molecule has 7 atom stereocenters. The molecular formula is C33H46N6O4. The third-order valence-electron chi connectivity index (χ3n) is 10.9. The summed E-state index contributed by atoms with van der Waals surface area (Å²) in [6, 6.07) is 8.28. The Morgan fingerprint density at radius 1 is 1.21 bits per heavy atom. The van der Waals surface area contributed by atoms with Crippen molar-refractivity contribution in [3.05, 3.63) is 42.0 Å². The van der Waals surface area contributed by atoms with Gasteiger partial charge < -0.3 is 19.3 Å². The molecule has 7 unspecified atom stereocenters. The minimum Gasteiger partial charge on any atom is -0.496 e. The number of hydrogen-bond acceptors (Lipinski definition) is 9. The van der Waals surface area contributed by atoms with Crippen molar-refractivity contribution in [2.45, 2.75) is 82.0 Å². The van der Waals surface area contributed by atoms with E-state index in [1.807, 2.05) is 12.1 Å². The highest BCUT2D eigenvalue weighted by atomic mass is 16.5. The van der Waals surface area contributed by atoms with Crippen LogP contribution in [0.1, 0.15) is 49.7 Å². The highest BCUT2D eigenvalue weighted by molar-refractivity contribution is 5.92.